The molecule has 0 unspecified atom stereocenters. The molecule has 0 aliphatic carbocycles. The predicted molar refractivity (Wildman–Crippen MR) is 76.2 cm³/mol. The first-order valence-corrected chi connectivity index (χ1v) is 6.16. The topological polar surface area (TPSA) is 74.0 Å². The van der Waals surface area contributed by atoms with E-state index < -0.39 is 5.97 Å². The largest absolute Gasteiger partial charge is 0.594 e. The number of rotatable bonds is 4. The van der Waals surface area contributed by atoms with Crippen LogP contribution in [0.4, 0.5) is 11.4 Å². The van der Waals surface area contributed by atoms with E-state index >= 15 is 0 Å². The van der Waals surface area contributed by atoms with Crippen LogP contribution in [0.25, 0.3) is 0 Å². The van der Waals surface area contributed by atoms with E-state index in [2.05, 4.69) is 9.85 Å². The molecule has 6 nitrogen and oxygen atoms in total. The van der Waals surface area contributed by atoms with E-state index in [1.54, 1.807) is 43.5 Å². The molecule has 108 valence electrons. The highest BCUT2D eigenvalue weighted by molar-refractivity contribution is 5.93. The standard InChI is InChI=1S/C15H14N2O4/c1-20-12-9-7-11(8-10-12)16-17(19)14-6-4-3-5-13(14)15(18)21-2/h3-10H,1-2H3. The molecule has 0 aliphatic rings. The smallest absolute Gasteiger partial charge is 0.344 e. The molecule has 6 heteroatoms. The third-order valence-corrected chi connectivity index (χ3v) is 2.79. The van der Waals surface area contributed by atoms with E-state index in [1.165, 1.54) is 19.2 Å². The monoisotopic (exact) mass is 286 g/mol. The summed E-state index contributed by atoms with van der Waals surface area (Å²) in [5.74, 6) is 0.0812. The van der Waals surface area contributed by atoms with E-state index in [1.807, 2.05) is 0 Å². The van der Waals surface area contributed by atoms with Crippen molar-refractivity contribution in [1.82, 2.24) is 0 Å². The quantitative estimate of drug-likeness (QED) is 0.373. The maximum absolute atomic E-state index is 12.1. The van der Waals surface area contributed by atoms with Gasteiger partial charge in [-0.2, -0.15) is 0 Å². The number of hydrogen-bond acceptors (Lipinski definition) is 5. The normalized spacial score (nSPS) is 11.0. The lowest BCUT2D eigenvalue weighted by molar-refractivity contribution is -0.435. The van der Waals surface area contributed by atoms with Crippen LogP contribution in [0.15, 0.2) is 53.6 Å². The summed E-state index contributed by atoms with van der Waals surface area (Å²) in [7, 11) is 2.81. The van der Waals surface area contributed by atoms with Crippen molar-refractivity contribution in [2.45, 2.75) is 0 Å². The molecule has 0 saturated heterocycles. The Labute approximate surface area is 121 Å². The van der Waals surface area contributed by atoms with Crippen LogP contribution in [0, 0.1) is 5.21 Å². The molecule has 0 spiro atoms. The van der Waals surface area contributed by atoms with Gasteiger partial charge in [-0.05, 0) is 35.2 Å². The number of esters is 1. The number of hydrogen-bond donors (Lipinski definition) is 0. The van der Waals surface area contributed by atoms with Crippen molar-refractivity contribution in [2.24, 2.45) is 5.11 Å². The second-order valence-corrected chi connectivity index (χ2v) is 4.08. The van der Waals surface area contributed by atoms with Gasteiger partial charge in [-0.3, -0.25) is 0 Å². The highest BCUT2D eigenvalue weighted by atomic mass is 16.5. The molecule has 0 aliphatic heterocycles. The third-order valence-electron chi connectivity index (χ3n) is 2.79. The molecule has 0 heterocycles. The lowest BCUT2D eigenvalue weighted by Gasteiger charge is -2.05. The van der Waals surface area contributed by atoms with Crippen LogP contribution in [-0.2, 0) is 4.74 Å². The minimum Gasteiger partial charge on any atom is -0.594 e. The van der Waals surface area contributed by atoms with Crippen molar-refractivity contribution < 1.29 is 19.1 Å². The SMILES string of the molecule is COC(=O)c1ccccc1[N+]([O-])=Nc1ccc(OC)cc1. The molecule has 0 radical (unpaired) electrons. The lowest BCUT2D eigenvalue weighted by atomic mass is 10.2. The van der Waals surface area contributed by atoms with Gasteiger partial charge in [-0.15, -0.1) is 0 Å². The Morgan fingerprint density at radius 1 is 1.10 bits per heavy atom. The van der Waals surface area contributed by atoms with E-state index in [0.29, 0.717) is 16.3 Å². The maximum atomic E-state index is 12.1. The number of azo groups is 1. The molecule has 0 fully saturated rings. The van der Waals surface area contributed by atoms with Gasteiger partial charge >= 0.3 is 5.97 Å². The van der Waals surface area contributed by atoms with Crippen molar-refractivity contribution in [3.8, 4) is 5.75 Å². The number of methoxy groups -OCH3 is 2. The highest BCUT2D eigenvalue weighted by Gasteiger charge is 2.18. The van der Waals surface area contributed by atoms with Crippen LogP contribution >= 0.6 is 0 Å². The van der Waals surface area contributed by atoms with E-state index in [0.717, 1.165) is 0 Å². The van der Waals surface area contributed by atoms with E-state index in [9.17, 15) is 10.0 Å². The Kier molecular flexibility index (Phi) is 4.50. The van der Waals surface area contributed by atoms with Crippen molar-refractivity contribution in [2.75, 3.05) is 14.2 Å². The molecule has 0 bridgehead atoms. The van der Waals surface area contributed by atoms with Crippen LogP contribution in [0.2, 0.25) is 0 Å². The van der Waals surface area contributed by atoms with Gasteiger partial charge < -0.3 is 14.7 Å². The number of carbonyl (C=O) groups excluding carboxylic acids is 1. The highest BCUT2D eigenvalue weighted by Crippen LogP contribution is 2.23. The zero-order valence-corrected chi connectivity index (χ0v) is 11.6. The fraction of sp³-hybridized carbons (Fsp3) is 0.133. The fourth-order valence-corrected chi connectivity index (χ4v) is 1.73. The molecule has 0 N–H and O–H groups in total. The Balaban J connectivity index is 2.36. The first-order chi connectivity index (χ1) is 10.2. The van der Waals surface area contributed by atoms with Gasteiger partial charge in [0.25, 0.3) is 5.69 Å². The van der Waals surface area contributed by atoms with Crippen LogP contribution in [0.3, 0.4) is 0 Å². The second kappa shape index (κ2) is 6.51. The zero-order chi connectivity index (χ0) is 15.2. The first-order valence-electron chi connectivity index (χ1n) is 6.16. The molecule has 0 aromatic heterocycles. The average Bonchev–Trinajstić information content (AvgIpc) is 2.54. The van der Waals surface area contributed by atoms with Crippen molar-refractivity contribution in [3.05, 3.63) is 59.3 Å². The van der Waals surface area contributed by atoms with Gasteiger partial charge in [0.2, 0.25) is 0 Å². The molecule has 0 amide bonds. The molecular formula is C15H14N2O4. The summed E-state index contributed by atoms with van der Waals surface area (Å²) in [6.45, 7) is 0. The van der Waals surface area contributed by atoms with Gasteiger partial charge in [-0.1, -0.05) is 12.1 Å². The number of carbonyl (C=O) groups is 1. The molecule has 2 aromatic carbocycles. The van der Waals surface area contributed by atoms with Crippen LogP contribution in [-0.4, -0.2) is 25.0 Å². The van der Waals surface area contributed by atoms with Crippen molar-refractivity contribution in [3.63, 3.8) is 0 Å². The molecule has 2 rings (SSSR count). The fourth-order valence-electron chi connectivity index (χ4n) is 1.73. The van der Waals surface area contributed by atoms with Crippen LogP contribution in [0.1, 0.15) is 10.4 Å². The number of para-hydroxylation sites is 1. The van der Waals surface area contributed by atoms with Gasteiger partial charge in [0.05, 0.1) is 14.2 Å². The number of nitrogens with zero attached hydrogens (tertiary/aromatic N) is 2. The number of benzene rings is 2. The third kappa shape index (κ3) is 3.36. The zero-order valence-electron chi connectivity index (χ0n) is 11.6. The summed E-state index contributed by atoms with van der Waals surface area (Å²) in [6, 6.07) is 13.0. The van der Waals surface area contributed by atoms with Crippen LogP contribution in [0.5, 0.6) is 5.75 Å². The summed E-state index contributed by atoms with van der Waals surface area (Å²) < 4.78 is 9.67. The Bertz CT molecular complexity index is 666. The molecule has 21 heavy (non-hydrogen) atoms. The van der Waals surface area contributed by atoms with Gasteiger partial charge in [0, 0.05) is 11.2 Å². The Morgan fingerprint density at radius 2 is 1.76 bits per heavy atom. The van der Waals surface area contributed by atoms with E-state index in [-0.39, 0.29) is 11.3 Å². The van der Waals surface area contributed by atoms with Gasteiger partial charge in [-0.25, -0.2) is 4.79 Å². The minimum absolute atomic E-state index is 0.125. The first kappa shape index (κ1) is 14.5. The minimum atomic E-state index is -0.587. The number of ether oxygens (including phenoxy) is 2. The lowest BCUT2D eigenvalue weighted by Crippen LogP contribution is -2.05. The van der Waals surface area contributed by atoms with Crippen molar-refractivity contribution in [1.29, 1.82) is 0 Å². The van der Waals surface area contributed by atoms with Gasteiger partial charge in [0.15, 0.2) is 0 Å². The summed E-state index contributed by atoms with van der Waals surface area (Å²) in [6.07, 6.45) is 0. The Morgan fingerprint density at radius 3 is 2.38 bits per heavy atom. The second-order valence-electron chi connectivity index (χ2n) is 4.08. The van der Waals surface area contributed by atoms with E-state index in [4.69, 9.17) is 4.74 Å². The molecule has 2 aromatic rings. The summed E-state index contributed by atoms with van der Waals surface area (Å²) >= 11 is 0. The van der Waals surface area contributed by atoms with Crippen molar-refractivity contribution >= 4 is 17.3 Å². The molecule has 0 atom stereocenters. The Hall–Kier alpha value is -2.89. The maximum Gasteiger partial charge on any atom is 0.344 e. The summed E-state index contributed by atoms with van der Waals surface area (Å²) in [5.41, 5.74) is 0.734. The summed E-state index contributed by atoms with van der Waals surface area (Å²) in [4.78, 5) is 12.0. The molecular weight excluding hydrogens is 272 g/mol. The average molecular weight is 286 g/mol. The van der Waals surface area contributed by atoms with Gasteiger partial charge in [0.1, 0.15) is 17.0 Å². The summed E-state index contributed by atoms with van der Waals surface area (Å²) in [5, 5.41) is 16.0. The predicted octanol–water partition coefficient (Wildman–Crippen LogP) is 3.41. The molecule has 0 saturated carbocycles. The van der Waals surface area contributed by atoms with Crippen LogP contribution < -0.4 is 4.74 Å².